The van der Waals surface area contributed by atoms with E-state index >= 15 is 0 Å². The summed E-state index contributed by atoms with van der Waals surface area (Å²) in [7, 11) is 1.86. The van der Waals surface area contributed by atoms with Gasteiger partial charge < -0.3 is 9.88 Å². The van der Waals surface area contributed by atoms with Gasteiger partial charge in [0.1, 0.15) is 5.69 Å². The second-order valence-corrected chi connectivity index (χ2v) is 6.25. The van der Waals surface area contributed by atoms with Crippen LogP contribution in [0.3, 0.4) is 0 Å². The van der Waals surface area contributed by atoms with Crippen LogP contribution in [0.15, 0.2) is 67.3 Å². The van der Waals surface area contributed by atoms with E-state index in [0.29, 0.717) is 22.6 Å². The van der Waals surface area contributed by atoms with Crippen molar-refractivity contribution in [1.29, 1.82) is 0 Å². The normalized spacial score (nSPS) is 10.7. The van der Waals surface area contributed by atoms with Crippen molar-refractivity contribution < 1.29 is 9.72 Å². The summed E-state index contributed by atoms with van der Waals surface area (Å²) < 4.78 is 3.39. The number of carbonyl (C=O) groups is 1. The molecule has 0 saturated carbocycles. The summed E-state index contributed by atoms with van der Waals surface area (Å²) in [6.45, 7) is 0. The van der Waals surface area contributed by atoms with Gasteiger partial charge in [-0.1, -0.05) is 17.3 Å². The number of nitro groups is 1. The Balaban J connectivity index is 1.57. The third-order valence-electron chi connectivity index (χ3n) is 4.26. The van der Waals surface area contributed by atoms with Gasteiger partial charge in [0.15, 0.2) is 0 Å². The fourth-order valence-corrected chi connectivity index (χ4v) is 2.80. The molecule has 0 radical (unpaired) electrons. The maximum atomic E-state index is 12.6. The fraction of sp³-hybridized carbons (Fsp3) is 0.0526. The lowest BCUT2D eigenvalue weighted by Crippen LogP contribution is -2.12. The molecule has 2 heterocycles. The second kappa shape index (κ2) is 7.35. The maximum Gasteiger partial charge on any atom is 0.271 e. The molecule has 4 aromatic rings. The number of rotatable bonds is 5. The van der Waals surface area contributed by atoms with Crippen molar-refractivity contribution in [2.45, 2.75) is 0 Å². The molecule has 144 valence electrons. The number of carbonyl (C=O) groups excluding carboxylic acids is 1. The molecule has 29 heavy (non-hydrogen) atoms. The first-order chi connectivity index (χ1) is 14.0. The predicted molar refractivity (Wildman–Crippen MR) is 105 cm³/mol. The van der Waals surface area contributed by atoms with Crippen LogP contribution in [-0.2, 0) is 7.05 Å². The Labute approximate surface area is 164 Å². The number of non-ortho nitro benzene ring substituents is 1. The first-order valence-electron chi connectivity index (χ1n) is 8.56. The van der Waals surface area contributed by atoms with E-state index in [1.807, 2.05) is 11.6 Å². The van der Waals surface area contributed by atoms with Crippen LogP contribution in [-0.4, -0.2) is 35.4 Å². The zero-order valence-electron chi connectivity index (χ0n) is 15.3. The average molecular weight is 389 g/mol. The molecule has 1 amide bonds. The van der Waals surface area contributed by atoms with Gasteiger partial charge >= 0.3 is 0 Å². The van der Waals surface area contributed by atoms with E-state index < -0.39 is 4.92 Å². The highest BCUT2D eigenvalue weighted by molar-refractivity contribution is 6.04. The Hall–Kier alpha value is -4.34. The van der Waals surface area contributed by atoms with Crippen molar-refractivity contribution in [1.82, 2.24) is 24.5 Å². The number of anilines is 1. The van der Waals surface area contributed by atoms with Gasteiger partial charge in [-0.25, -0.2) is 9.67 Å². The predicted octanol–water partition coefficient (Wildman–Crippen LogP) is 2.83. The summed E-state index contributed by atoms with van der Waals surface area (Å²) >= 11 is 0. The molecule has 10 heteroatoms. The summed E-state index contributed by atoms with van der Waals surface area (Å²) in [4.78, 5) is 27.0. The molecule has 4 rings (SSSR count). The first kappa shape index (κ1) is 18.0. The number of nitro benzene ring substituents is 1. The van der Waals surface area contributed by atoms with Crippen LogP contribution in [0.1, 0.15) is 10.4 Å². The van der Waals surface area contributed by atoms with Gasteiger partial charge in [0, 0.05) is 30.4 Å². The zero-order valence-corrected chi connectivity index (χ0v) is 15.3. The Morgan fingerprint density at radius 2 is 2.00 bits per heavy atom. The van der Waals surface area contributed by atoms with E-state index in [1.54, 1.807) is 53.7 Å². The van der Waals surface area contributed by atoms with Crippen LogP contribution in [0.25, 0.3) is 17.1 Å². The minimum Gasteiger partial charge on any atom is -0.332 e. The van der Waals surface area contributed by atoms with Crippen LogP contribution in [0.4, 0.5) is 11.4 Å². The van der Waals surface area contributed by atoms with Crippen molar-refractivity contribution in [2.75, 3.05) is 5.32 Å². The summed E-state index contributed by atoms with van der Waals surface area (Å²) in [5.74, 6) is -0.390. The van der Waals surface area contributed by atoms with Crippen molar-refractivity contribution in [3.05, 3.63) is 82.9 Å². The van der Waals surface area contributed by atoms with E-state index in [0.717, 1.165) is 5.69 Å². The molecule has 0 atom stereocenters. The summed E-state index contributed by atoms with van der Waals surface area (Å²) in [6.07, 6.45) is 5.11. The first-order valence-corrected chi connectivity index (χ1v) is 8.56. The van der Waals surface area contributed by atoms with Crippen LogP contribution in [0, 0.1) is 10.1 Å². The van der Waals surface area contributed by atoms with Crippen molar-refractivity contribution in [3.63, 3.8) is 0 Å². The van der Waals surface area contributed by atoms with Gasteiger partial charge in [0.05, 0.1) is 35.0 Å². The number of nitrogens with one attached hydrogen (secondary N) is 1. The molecule has 0 unspecified atom stereocenters. The Morgan fingerprint density at radius 3 is 2.76 bits per heavy atom. The number of hydrogen-bond donors (Lipinski definition) is 1. The highest BCUT2D eigenvalue weighted by atomic mass is 16.6. The third-order valence-corrected chi connectivity index (χ3v) is 4.26. The molecule has 2 aromatic carbocycles. The van der Waals surface area contributed by atoms with E-state index in [2.05, 4.69) is 20.6 Å². The van der Waals surface area contributed by atoms with Crippen molar-refractivity contribution in [3.8, 4) is 17.1 Å². The Kier molecular flexibility index (Phi) is 4.57. The number of imidazole rings is 1. The number of hydrogen-bond acceptors (Lipinski definition) is 6. The van der Waals surface area contributed by atoms with Gasteiger partial charge in [-0.05, 0) is 24.3 Å². The third kappa shape index (κ3) is 3.72. The quantitative estimate of drug-likeness (QED) is 0.414. The molecule has 0 spiro atoms. The number of nitrogens with zero attached hydrogens (tertiary/aromatic N) is 6. The lowest BCUT2D eigenvalue weighted by atomic mass is 10.2. The lowest BCUT2D eigenvalue weighted by molar-refractivity contribution is -0.384. The number of aromatic nitrogens is 5. The lowest BCUT2D eigenvalue weighted by Gasteiger charge is -2.07. The fourth-order valence-electron chi connectivity index (χ4n) is 2.80. The molecule has 0 saturated heterocycles. The van der Waals surface area contributed by atoms with E-state index in [-0.39, 0.29) is 11.6 Å². The molecule has 0 aliphatic rings. The minimum absolute atomic E-state index is 0.0955. The van der Waals surface area contributed by atoms with Crippen molar-refractivity contribution in [2.24, 2.45) is 7.05 Å². The van der Waals surface area contributed by atoms with Crippen molar-refractivity contribution >= 4 is 17.3 Å². The molecule has 10 nitrogen and oxygen atoms in total. The topological polar surface area (TPSA) is 121 Å². The van der Waals surface area contributed by atoms with Crippen LogP contribution in [0.5, 0.6) is 0 Å². The largest absolute Gasteiger partial charge is 0.332 e. The van der Waals surface area contributed by atoms with Crippen LogP contribution >= 0.6 is 0 Å². The Morgan fingerprint density at radius 1 is 1.17 bits per heavy atom. The van der Waals surface area contributed by atoms with Gasteiger partial charge in [0.25, 0.3) is 11.6 Å². The van der Waals surface area contributed by atoms with Gasteiger partial charge in [-0.15, -0.1) is 5.10 Å². The molecular formula is C19H15N7O3. The van der Waals surface area contributed by atoms with Crippen LogP contribution in [0.2, 0.25) is 0 Å². The SMILES string of the molecule is Cn1cncc1-c1cn(-c2cccc(C(=O)Nc3cccc([N+](=O)[O-])c3)c2)nn1. The van der Waals surface area contributed by atoms with Crippen LogP contribution < -0.4 is 5.32 Å². The Bertz CT molecular complexity index is 1210. The molecular weight excluding hydrogens is 374 g/mol. The van der Waals surface area contributed by atoms with E-state index in [9.17, 15) is 14.9 Å². The molecule has 0 fully saturated rings. The average Bonchev–Trinajstić information content (AvgIpc) is 3.37. The van der Waals surface area contributed by atoms with Gasteiger partial charge in [-0.3, -0.25) is 14.9 Å². The summed E-state index contributed by atoms with van der Waals surface area (Å²) in [5.41, 5.74) is 2.74. The molecule has 2 aromatic heterocycles. The minimum atomic E-state index is -0.513. The van der Waals surface area contributed by atoms with Gasteiger partial charge in [0.2, 0.25) is 0 Å². The summed E-state index contributed by atoms with van der Waals surface area (Å²) in [6, 6.07) is 12.6. The highest BCUT2D eigenvalue weighted by Crippen LogP contribution is 2.20. The second-order valence-electron chi connectivity index (χ2n) is 6.25. The summed E-state index contributed by atoms with van der Waals surface area (Å²) in [5, 5.41) is 21.8. The molecule has 0 aliphatic heterocycles. The molecule has 0 bridgehead atoms. The smallest absolute Gasteiger partial charge is 0.271 e. The number of aryl methyl sites for hydroxylation is 1. The maximum absolute atomic E-state index is 12.6. The van der Waals surface area contributed by atoms with E-state index in [4.69, 9.17) is 0 Å². The zero-order chi connectivity index (χ0) is 20.4. The highest BCUT2D eigenvalue weighted by Gasteiger charge is 2.12. The number of amides is 1. The standard InChI is InChI=1S/C19H15N7O3/c1-24-12-20-10-18(24)17-11-25(23-22-17)15-6-2-4-13(8-15)19(27)21-14-5-3-7-16(9-14)26(28)29/h2-12H,1H3,(H,21,27). The van der Waals surface area contributed by atoms with Gasteiger partial charge in [-0.2, -0.15) is 0 Å². The number of benzene rings is 2. The van der Waals surface area contributed by atoms with E-state index in [1.165, 1.54) is 18.2 Å². The molecule has 0 aliphatic carbocycles. The monoisotopic (exact) mass is 389 g/mol. The molecule has 1 N–H and O–H groups in total.